The van der Waals surface area contributed by atoms with E-state index >= 15 is 0 Å². The van der Waals surface area contributed by atoms with Gasteiger partial charge >= 0.3 is 0 Å². The van der Waals surface area contributed by atoms with Gasteiger partial charge in [0.25, 0.3) is 0 Å². The van der Waals surface area contributed by atoms with Crippen LogP contribution in [0, 0.1) is 17.8 Å². The number of likely N-dealkylation sites (tertiary alicyclic amines) is 1. The molecule has 0 spiro atoms. The summed E-state index contributed by atoms with van der Waals surface area (Å²) >= 11 is 0. The molecule has 0 radical (unpaired) electrons. The second kappa shape index (κ2) is 7.53. The summed E-state index contributed by atoms with van der Waals surface area (Å²) in [6.45, 7) is 15.9. The Kier molecular flexibility index (Phi) is 6.70. The van der Waals surface area contributed by atoms with Gasteiger partial charge in [-0.2, -0.15) is 0 Å². The summed E-state index contributed by atoms with van der Waals surface area (Å²) in [5, 5.41) is 0. The van der Waals surface area contributed by atoms with E-state index in [4.69, 9.17) is 0 Å². The van der Waals surface area contributed by atoms with Crippen molar-refractivity contribution in [2.24, 2.45) is 17.8 Å². The Morgan fingerprint density at radius 1 is 0.889 bits per heavy atom. The Hall–Kier alpha value is -0.0400. The summed E-state index contributed by atoms with van der Waals surface area (Å²) in [7, 11) is 0. The van der Waals surface area contributed by atoms with E-state index in [0.29, 0.717) is 0 Å². The first-order valence-corrected chi connectivity index (χ1v) is 8.24. The minimum Gasteiger partial charge on any atom is -0.298 e. The average molecular weight is 253 g/mol. The van der Waals surface area contributed by atoms with Gasteiger partial charge in [0.05, 0.1) is 0 Å². The lowest BCUT2D eigenvalue weighted by atomic mass is 9.81. The highest BCUT2D eigenvalue weighted by Crippen LogP contribution is 2.34. The molecule has 18 heavy (non-hydrogen) atoms. The summed E-state index contributed by atoms with van der Waals surface area (Å²) in [6.07, 6.45) is 6.92. The van der Waals surface area contributed by atoms with Crippen molar-refractivity contribution in [1.82, 2.24) is 4.90 Å². The monoisotopic (exact) mass is 253 g/mol. The molecule has 1 nitrogen and oxygen atoms in total. The highest BCUT2D eigenvalue weighted by Gasteiger charge is 2.34. The zero-order valence-corrected chi connectivity index (χ0v) is 13.6. The molecule has 1 rings (SSSR count). The fraction of sp³-hybridized carbons (Fsp3) is 1.00. The zero-order valence-electron chi connectivity index (χ0n) is 13.6. The molecule has 1 saturated heterocycles. The smallest absolute Gasteiger partial charge is 0.00980 e. The van der Waals surface area contributed by atoms with E-state index in [-0.39, 0.29) is 0 Å². The molecule has 1 aliphatic rings. The van der Waals surface area contributed by atoms with Crippen molar-refractivity contribution < 1.29 is 0 Å². The van der Waals surface area contributed by atoms with Crippen LogP contribution in [0.2, 0.25) is 0 Å². The Balaban J connectivity index is 2.58. The van der Waals surface area contributed by atoms with Crippen molar-refractivity contribution in [3.63, 3.8) is 0 Å². The minimum absolute atomic E-state index is 0.751. The van der Waals surface area contributed by atoms with E-state index in [1.165, 1.54) is 38.6 Å². The van der Waals surface area contributed by atoms with Crippen LogP contribution in [0.15, 0.2) is 0 Å². The minimum atomic E-state index is 0.751. The van der Waals surface area contributed by atoms with Crippen LogP contribution in [-0.2, 0) is 0 Å². The van der Waals surface area contributed by atoms with E-state index in [9.17, 15) is 0 Å². The molecule has 0 aromatic rings. The quantitative estimate of drug-likeness (QED) is 0.626. The van der Waals surface area contributed by atoms with Crippen LogP contribution in [0.5, 0.6) is 0 Å². The standard InChI is InChI=1S/C17H35N/c1-7-8-9-10-11-18-14(3)12-13(2)15(4)16(5)17(18)6/h13-17H,7-12H2,1-6H3. The zero-order chi connectivity index (χ0) is 13.7. The fourth-order valence-corrected chi connectivity index (χ4v) is 3.69. The van der Waals surface area contributed by atoms with Gasteiger partial charge < -0.3 is 0 Å². The van der Waals surface area contributed by atoms with Gasteiger partial charge in [-0.25, -0.2) is 0 Å². The molecule has 0 amide bonds. The summed E-state index contributed by atoms with van der Waals surface area (Å²) < 4.78 is 0. The third-order valence-electron chi connectivity index (χ3n) is 5.56. The lowest BCUT2D eigenvalue weighted by Gasteiger charge is -2.36. The van der Waals surface area contributed by atoms with Crippen LogP contribution in [-0.4, -0.2) is 23.5 Å². The van der Waals surface area contributed by atoms with Crippen LogP contribution in [0.4, 0.5) is 0 Å². The molecular formula is C17H35N. The van der Waals surface area contributed by atoms with E-state index in [1.54, 1.807) is 0 Å². The Morgan fingerprint density at radius 3 is 2.17 bits per heavy atom. The van der Waals surface area contributed by atoms with Crippen LogP contribution >= 0.6 is 0 Å². The highest BCUT2D eigenvalue weighted by atomic mass is 15.2. The topological polar surface area (TPSA) is 3.24 Å². The van der Waals surface area contributed by atoms with Crippen molar-refractivity contribution in [2.75, 3.05) is 6.54 Å². The molecule has 0 bridgehead atoms. The third-order valence-corrected chi connectivity index (χ3v) is 5.56. The van der Waals surface area contributed by atoms with Crippen molar-refractivity contribution in [3.05, 3.63) is 0 Å². The Bertz CT molecular complexity index is 226. The van der Waals surface area contributed by atoms with Crippen LogP contribution in [0.1, 0.15) is 73.6 Å². The molecule has 1 aliphatic heterocycles. The molecule has 0 aromatic heterocycles. The molecule has 0 aliphatic carbocycles. The van der Waals surface area contributed by atoms with Crippen molar-refractivity contribution >= 4 is 0 Å². The summed E-state index contributed by atoms with van der Waals surface area (Å²) in [5.74, 6) is 2.57. The molecule has 0 N–H and O–H groups in total. The van der Waals surface area contributed by atoms with Gasteiger partial charge in [-0.3, -0.25) is 4.90 Å². The van der Waals surface area contributed by atoms with Crippen molar-refractivity contribution in [2.45, 2.75) is 85.7 Å². The summed E-state index contributed by atoms with van der Waals surface area (Å²) in [5.41, 5.74) is 0. The molecule has 1 heterocycles. The predicted molar refractivity (Wildman–Crippen MR) is 81.9 cm³/mol. The van der Waals surface area contributed by atoms with Crippen LogP contribution in [0.3, 0.4) is 0 Å². The molecular weight excluding hydrogens is 218 g/mol. The maximum Gasteiger partial charge on any atom is 0.00980 e. The Morgan fingerprint density at radius 2 is 1.56 bits per heavy atom. The van der Waals surface area contributed by atoms with Gasteiger partial charge in [0.2, 0.25) is 0 Å². The largest absolute Gasteiger partial charge is 0.298 e. The van der Waals surface area contributed by atoms with Crippen LogP contribution in [0.25, 0.3) is 0 Å². The van der Waals surface area contributed by atoms with Gasteiger partial charge in [0.15, 0.2) is 0 Å². The van der Waals surface area contributed by atoms with Crippen molar-refractivity contribution in [1.29, 1.82) is 0 Å². The normalized spacial score (nSPS) is 38.7. The maximum absolute atomic E-state index is 2.79. The first kappa shape index (κ1) is 16.0. The SMILES string of the molecule is CCCCCCN1C(C)CC(C)C(C)C(C)C1C. The number of rotatable bonds is 5. The number of hydrogen-bond acceptors (Lipinski definition) is 1. The number of nitrogens with zero attached hydrogens (tertiary/aromatic N) is 1. The lowest BCUT2D eigenvalue weighted by molar-refractivity contribution is 0.117. The summed E-state index contributed by atoms with van der Waals surface area (Å²) in [6, 6.07) is 1.52. The molecule has 1 heteroatoms. The Labute approximate surface area is 115 Å². The van der Waals surface area contributed by atoms with E-state index in [2.05, 4.69) is 46.4 Å². The van der Waals surface area contributed by atoms with Gasteiger partial charge in [-0.05, 0) is 51.0 Å². The van der Waals surface area contributed by atoms with E-state index < -0.39 is 0 Å². The second-order valence-corrected chi connectivity index (χ2v) is 6.82. The van der Waals surface area contributed by atoms with Crippen molar-refractivity contribution in [3.8, 4) is 0 Å². The second-order valence-electron chi connectivity index (χ2n) is 6.82. The molecule has 5 atom stereocenters. The van der Waals surface area contributed by atoms with Gasteiger partial charge in [-0.1, -0.05) is 47.0 Å². The van der Waals surface area contributed by atoms with Gasteiger partial charge in [-0.15, -0.1) is 0 Å². The van der Waals surface area contributed by atoms with Crippen LogP contribution < -0.4 is 0 Å². The maximum atomic E-state index is 2.79. The number of unbranched alkanes of at least 4 members (excludes halogenated alkanes) is 3. The number of hydrogen-bond donors (Lipinski definition) is 0. The van der Waals surface area contributed by atoms with E-state index in [0.717, 1.165) is 29.8 Å². The first-order valence-electron chi connectivity index (χ1n) is 8.24. The predicted octanol–water partition coefficient (Wildman–Crippen LogP) is 4.96. The third kappa shape index (κ3) is 3.98. The van der Waals surface area contributed by atoms with Gasteiger partial charge in [0, 0.05) is 12.1 Å². The van der Waals surface area contributed by atoms with E-state index in [1.807, 2.05) is 0 Å². The first-order chi connectivity index (χ1) is 8.49. The highest BCUT2D eigenvalue weighted by molar-refractivity contribution is 4.87. The molecule has 1 fully saturated rings. The molecule has 108 valence electrons. The fourth-order valence-electron chi connectivity index (χ4n) is 3.69. The molecule has 0 saturated carbocycles. The average Bonchev–Trinajstić information content (AvgIpc) is 2.40. The molecule has 0 aromatic carbocycles. The molecule has 5 unspecified atom stereocenters. The lowest BCUT2D eigenvalue weighted by Crippen LogP contribution is -2.43. The van der Waals surface area contributed by atoms with Gasteiger partial charge in [0.1, 0.15) is 0 Å². The summed E-state index contributed by atoms with van der Waals surface area (Å²) in [4.78, 5) is 2.79.